The van der Waals surface area contributed by atoms with Crippen LogP contribution in [0.3, 0.4) is 0 Å². The molecule has 15 heavy (non-hydrogen) atoms. The third kappa shape index (κ3) is 4.45. The average Bonchev–Trinajstić information content (AvgIpc) is 2.25. The van der Waals surface area contributed by atoms with Gasteiger partial charge in [-0.15, -0.1) is 5.70 Å². The largest absolute Gasteiger partial charge is 0.396 e. The van der Waals surface area contributed by atoms with Gasteiger partial charge in [0, 0.05) is 6.61 Å². The van der Waals surface area contributed by atoms with Gasteiger partial charge in [0.2, 0.25) is 0 Å². The number of hydrogen-bond acceptors (Lipinski definition) is 1. The number of benzene rings is 1. The van der Waals surface area contributed by atoms with E-state index in [0.29, 0.717) is 12.1 Å². The minimum atomic E-state index is -0.253. The van der Waals surface area contributed by atoms with Crippen LogP contribution in [0.4, 0.5) is 0 Å². The van der Waals surface area contributed by atoms with Crippen LogP contribution >= 0.6 is 0 Å². The molecule has 0 fully saturated rings. The topological polar surface area (TPSA) is 20.2 Å². The van der Waals surface area contributed by atoms with Crippen molar-refractivity contribution in [1.29, 1.82) is 0 Å². The quantitative estimate of drug-likeness (QED) is 0.754. The molecule has 0 saturated carbocycles. The van der Waals surface area contributed by atoms with Crippen molar-refractivity contribution in [3.8, 4) is 0 Å². The molecule has 0 aromatic heterocycles. The summed E-state index contributed by atoms with van der Waals surface area (Å²) in [6, 6.07) is 10.5. The molecule has 2 heteroatoms. The highest BCUT2D eigenvalue weighted by Crippen LogP contribution is 2.18. The molecule has 1 unspecified atom stereocenters. The summed E-state index contributed by atoms with van der Waals surface area (Å²) in [4.78, 5) is 0. The highest BCUT2D eigenvalue weighted by Gasteiger charge is 2.09. The summed E-state index contributed by atoms with van der Waals surface area (Å²) in [6.45, 7) is 4.59. The monoisotopic (exact) mass is 220 g/mol. The Hall–Kier alpha value is -0.863. The van der Waals surface area contributed by atoms with Crippen molar-refractivity contribution in [2.75, 3.05) is 6.61 Å². The molecule has 1 N–H and O–H groups in total. The summed E-state index contributed by atoms with van der Waals surface area (Å²) >= 11 is 0. The first kappa shape index (κ1) is 12.2. The molecule has 1 rings (SSSR count). The second-order valence-corrected chi connectivity index (χ2v) is 6.00. The van der Waals surface area contributed by atoms with Crippen LogP contribution in [-0.2, 0) is 0 Å². The Morgan fingerprint density at radius 1 is 1.33 bits per heavy atom. The highest BCUT2D eigenvalue weighted by atomic mass is 28.2. The van der Waals surface area contributed by atoms with Crippen LogP contribution in [0.5, 0.6) is 0 Å². The maximum absolute atomic E-state index is 9.06. The fourth-order valence-electron chi connectivity index (χ4n) is 1.68. The molecule has 82 valence electrons. The lowest BCUT2D eigenvalue weighted by Crippen LogP contribution is -2.08. The minimum absolute atomic E-state index is 0.253. The molecular weight excluding hydrogens is 200 g/mol. The van der Waals surface area contributed by atoms with Crippen LogP contribution in [0.25, 0.3) is 0 Å². The first-order valence-corrected chi connectivity index (χ1v) is 7.16. The van der Waals surface area contributed by atoms with E-state index in [2.05, 4.69) is 43.8 Å². The Labute approximate surface area is 94.7 Å². The van der Waals surface area contributed by atoms with Gasteiger partial charge in [-0.05, 0) is 31.4 Å². The summed E-state index contributed by atoms with van der Waals surface area (Å²) in [5.74, 6) is 0. The van der Waals surface area contributed by atoms with Crippen LogP contribution in [0.15, 0.2) is 41.6 Å². The molecule has 0 saturated heterocycles. The van der Waals surface area contributed by atoms with Gasteiger partial charge in [-0.3, -0.25) is 0 Å². The van der Waals surface area contributed by atoms with Crippen LogP contribution in [0.1, 0.15) is 31.4 Å². The first-order valence-electron chi connectivity index (χ1n) is 5.53. The van der Waals surface area contributed by atoms with E-state index < -0.39 is 0 Å². The Morgan fingerprint density at radius 3 is 2.53 bits per heavy atom. The maximum atomic E-state index is 9.06. The average molecular weight is 220 g/mol. The zero-order valence-corrected chi connectivity index (χ0v) is 11.0. The van der Waals surface area contributed by atoms with Crippen LogP contribution in [0, 0.1) is 0 Å². The molecule has 1 atom stereocenters. The van der Waals surface area contributed by atoms with E-state index in [1.165, 1.54) is 11.1 Å². The molecular formula is C13H20OSi. The number of aliphatic hydroxyl groups excluding tert-OH is 1. The molecule has 0 aliphatic carbocycles. The molecule has 1 nitrogen and oxygen atoms in total. The summed E-state index contributed by atoms with van der Waals surface area (Å²) in [6.07, 6.45) is 0.903. The lowest BCUT2D eigenvalue weighted by molar-refractivity contribution is 0.286. The summed E-state index contributed by atoms with van der Waals surface area (Å²) in [5, 5.41) is 9.06. The summed E-state index contributed by atoms with van der Waals surface area (Å²) in [5.41, 5.74) is 5.76. The van der Waals surface area contributed by atoms with Crippen LogP contribution < -0.4 is 0 Å². The van der Waals surface area contributed by atoms with Gasteiger partial charge in [-0.1, -0.05) is 35.9 Å². The van der Waals surface area contributed by atoms with E-state index in [1.54, 1.807) is 0 Å². The molecule has 0 spiro atoms. The zero-order chi connectivity index (χ0) is 11.1. The number of rotatable bonds is 5. The summed E-state index contributed by atoms with van der Waals surface area (Å²) in [7, 11) is -0.253. The summed E-state index contributed by atoms with van der Waals surface area (Å²) < 4.78 is 0. The lowest BCUT2D eigenvalue weighted by Gasteiger charge is -2.13. The van der Waals surface area contributed by atoms with Crippen molar-refractivity contribution in [2.45, 2.75) is 25.8 Å². The van der Waals surface area contributed by atoms with Gasteiger partial charge in [0.05, 0.1) is 9.52 Å². The van der Waals surface area contributed by atoms with E-state index in [0.717, 1.165) is 6.42 Å². The molecule has 0 aliphatic rings. The second kappa shape index (κ2) is 6.59. The molecule has 0 amide bonds. The van der Waals surface area contributed by atoms with Crippen molar-refractivity contribution in [3.05, 3.63) is 47.2 Å². The predicted octanol–water partition coefficient (Wildman–Crippen LogP) is 2.20. The van der Waals surface area contributed by atoms with Crippen molar-refractivity contribution >= 4 is 9.52 Å². The van der Waals surface area contributed by atoms with E-state index in [4.69, 9.17) is 5.11 Å². The molecule has 0 heterocycles. The maximum Gasteiger partial charge on any atom is 0.0532 e. The third-order valence-corrected chi connectivity index (χ3v) is 5.06. The van der Waals surface area contributed by atoms with Crippen molar-refractivity contribution in [3.63, 3.8) is 0 Å². The van der Waals surface area contributed by atoms with Gasteiger partial charge in [0.1, 0.15) is 0 Å². The first-order chi connectivity index (χ1) is 7.24. The number of hydrogen-bond donors (Lipinski definition) is 1. The SMILES string of the molecule is CC(C)=C[SiH2]C(CCO)c1ccccc1. The molecule has 0 aliphatic heterocycles. The Bertz CT molecular complexity index is 302. The fraction of sp³-hybridized carbons (Fsp3) is 0.385. The van der Waals surface area contributed by atoms with E-state index in [1.807, 2.05) is 6.07 Å². The van der Waals surface area contributed by atoms with E-state index in [-0.39, 0.29) is 9.52 Å². The standard InChI is InChI=1S/C13H20OSi/c1-11(2)10-15-13(8-9-14)12-6-4-3-5-7-12/h3-7,10,13-14H,8-9,15H2,1-2H3. The lowest BCUT2D eigenvalue weighted by atomic mass is 10.1. The van der Waals surface area contributed by atoms with E-state index in [9.17, 15) is 0 Å². The smallest absolute Gasteiger partial charge is 0.0532 e. The van der Waals surface area contributed by atoms with Crippen LogP contribution in [-0.4, -0.2) is 21.2 Å². The number of aliphatic hydroxyl groups is 1. The van der Waals surface area contributed by atoms with Gasteiger partial charge in [-0.2, -0.15) is 0 Å². The second-order valence-electron chi connectivity index (χ2n) is 4.14. The van der Waals surface area contributed by atoms with Gasteiger partial charge in [0.15, 0.2) is 0 Å². The zero-order valence-electron chi connectivity index (χ0n) is 9.61. The van der Waals surface area contributed by atoms with Gasteiger partial charge >= 0.3 is 0 Å². The third-order valence-electron chi connectivity index (χ3n) is 2.56. The Balaban J connectivity index is 2.70. The highest BCUT2D eigenvalue weighted by molar-refractivity contribution is 6.44. The normalized spacial score (nSPS) is 13.0. The predicted molar refractivity (Wildman–Crippen MR) is 68.9 cm³/mol. The number of allylic oxidation sites excluding steroid dienone is 1. The van der Waals surface area contributed by atoms with Gasteiger partial charge in [0.25, 0.3) is 0 Å². The fourth-order valence-corrected chi connectivity index (χ4v) is 3.40. The Kier molecular flexibility index (Phi) is 5.36. The minimum Gasteiger partial charge on any atom is -0.396 e. The molecule has 1 aromatic rings. The van der Waals surface area contributed by atoms with E-state index >= 15 is 0 Å². The molecule has 0 radical (unpaired) electrons. The van der Waals surface area contributed by atoms with Gasteiger partial charge in [-0.25, -0.2) is 0 Å². The van der Waals surface area contributed by atoms with Crippen molar-refractivity contribution in [2.24, 2.45) is 0 Å². The molecule has 0 bridgehead atoms. The van der Waals surface area contributed by atoms with Gasteiger partial charge < -0.3 is 5.11 Å². The molecule has 1 aromatic carbocycles. The van der Waals surface area contributed by atoms with Crippen molar-refractivity contribution in [1.82, 2.24) is 0 Å². The van der Waals surface area contributed by atoms with Crippen molar-refractivity contribution < 1.29 is 5.11 Å². The van der Waals surface area contributed by atoms with Crippen LogP contribution in [0.2, 0.25) is 0 Å². The Morgan fingerprint density at radius 2 is 2.00 bits per heavy atom.